The van der Waals surface area contributed by atoms with Gasteiger partial charge in [-0.25, -0.2) is 0 Å². The van der Waals surface area contributed by atoms with Gasteiger partial charge in [0.1, 0.15) is 0 Å². The average Bonchev–Trinajstić information content (AvgIpc) is 2.79. The minimum Gasteiger partial charge on any atom is -0.392 e. The predicted molar refractivity (Wildman–Crippen MR) is 115 cm³/mol. The van der Waals surface area contributed by atoms with Crippen LogP contribution in [0.5, 0.6) is 0 Å². The molecule has 0 bridgehead atoms. The highest BCUT2D eigenvalue weighted by Crippen LogP contribution is 2.30. The molecule has 0 atom stereocenters. The number of hydrogen-bond acceptors (Lipinski definition) is 2. The van der Waals surface area contributed by atoms with Gasteiger partial charge in [-0.1, -0.05) is 72.8 Å². The van der Waals surface area contributed by atoms with Crippen LogP contribution >= 0.6 is 0 Å². The average molecular weight is 366 g/mol. The Kier molecular flexibility index (Phi) is 5.34. The predicted octanol–water partition coefficient (Wildman–Crippen LogP) is 5.67. The minimum absolute atomic E-state index is 0.0441. The van der Waals surface area contributed by atoms with Crippen LogP contribution in [0.15, 0.2) is 97.1 Å². The van der Waals surface area contributed by atoms with E-state index in [4.69, 9.17) is 0 Å². The van der Waals surface area contributed by atoms with Gasteiger partial charge in [-0.05, 0) is 68.8 Å². The van der Waals surface area contributed by atoms with E-state index >= 15 is 0 Å². The molecule has 4 aromatic rings. The van der Waals surface area contributed by atoms with E-state index in [0.717, 1.165) is 44.5 Å². The van der Waals surface area contributed by atoms with Crippen molar-refractivity contribution in [1.29, 1.82) is 0 Å². The molecule has 2 nitrogen and oxygen atoms in total. The number of aliphatic hydroxyl groups excluding tert-OH is 2. The van der Waals surface area contributed by atoms with Crippen molar-refractivity contribution in [3.63, 3.8) is 0 Å². The molecule has 0 aliphatic rings. The SMILES string of the molecule is OCc1cccc(-c2cccc(-c3cccc(-c4cccc(CO)c4)c3)c2)c1. The van der Waals surface area contributed by atoms with Gasteiger partial charge in [-0.2, -0.15) is 0 Å². The molecule has 4 aromatic carbocycles. The molecule has 0 unspecified atom stereocenters. The van der Waals surface area contributed by atoms with Crippen LogP contribution in [-0.2, 0) is 13.2 Å². The summed E-state index contributed by atoms with van der Waals surface area (Å²) in [4.78, 5) is 0. The van der Waals surface area contributed by atoms with Gasteiger partial charge in [0.2, 0.25) is 0 Å². The lowest BCUT2D eigenvalue weighted by molar-refractivity contribution is 0.281. The van der Waals surface area contributed by atoms with Crippen LogP contribution in [0.2, 0.25) is 0 Å². The zero-order valence-electron chi connectivity index (χ0n) is 15.5. The highest BCUT2D eigenvalue weighted by Gasteiger charge is 2.05. The first kappa shape index (κ1) is 18.2. The summed E-state index contributed by atoms with van der Waals surface area (Å²) >= 11 is 0. The largest absolute Gasteiger partial charge is 0.392 e. The van der Waals surface area contributed by atoms with Crippen molar-refractivity contribution in [2.75, 3.05) is 0 Å². The Morgan fingerprint density at radius 3 is 1.00 bits per heavy atom. The van der Waals surface area contributed by atoms with Gasteiger partial charge in [0.15, 0.2) is 0 Å². The number of rotatable bonds is 5. The maximum atomic E-state index is 9.40. The first-order valence-electron chi connectivity index (χ1n) is 9.38. The molecule has 0 aliphatic carbocycles. The number of aliphatic hydroxyl groups is 2. The van der Waals surface area contributed by atoms with Gasteiger partial charge < -0.3 is 10.2 Å². The first-order chi connectivity index (χ1) is 13.8. The fraction of sp³-hybridized carbons (Fsp3) is 0.0769. The Bertz CT molecular complexity index is 1010. The molecule has 0 radical (unpaired) electrons. The summed E-state index contributed by atoms with van der Waals surface area (Å²) in [5.41, 5.74) is 8.56. The molecule has 0 saturated carbocycles. The molecule has 2 heteroatoms. The minimum atomic E-state index is 0.0441. The van der Waals surface area contributed by atoms with Gasteiger partial charge in [0.25, 0.3) is 0 Å². The Labute approximate surface area is 165 Å². The van der Waals surface area contributed by atoms with Gasteiger partial charge in [0, 0.05) is 0 Å². The summed E-state index contributed by atoms with van der Waals surface area (Å²) in [7, 11) is 0. The third-order valence-electron chi connectivity index (χ3n) is 4.94. The molecule has 0 amide bonds. The van der Waals surface area contributed by atoms with Crippen LogP contribution in [-0.4, -0.2) is 10.2 Å². The van der Waals surface area contributed by atoms with E-state index in [2.05, 4.69) is 60.7 Å². The summed E-state index contributed by atoms with van der Waals surface area (Å²) in [6.07, 6.45) is 0. The summed E-state index contributed by atoms with van der Waals surface area (Å²) in [6.45, 7) is 0.0883. The molecule has 0 fully saturated rings. The van der Waals surface area contributed by atoms with Crippen molar-refractivity contribution >= 4 is 0 Å². The van der Waals surface area contributed by atoms with Crippen molar-refractivity contribution in [3.8, 4) is 33.4 Å². The Morgan fingerprint density at radius 2 is 0.679 bits per heavy atom. The smallest absolute Gasteiger partial charge is 0.0682 e. The first-order valence-corrected chi connectivity index (χ1v) is 9.38. The summed E-state index contributed by atoms with van der Waals surface area (Å²) < 4.78 is 0. The normalized spacial score (nSPS) is 10.8. The van der Waals surface area contributed by atoms with Crippen LogP contribution in [0.4, 0.5) is 0 Å². The second kappa shape index (κ2) is 8.22. The Morgan fingerprint density at radius 1 is 0.393 bits per heavy atom. The molecule has 2 N–H and O–H groups in total. The second-order valence-electron chi connectivity index (χ2n) is 6.88. The highest BCUT2D eigenvalue weighted by atomic mass is 16.3. The van der Waals surface area contributed by atoms with E-state index < -0.39 is 0 Å². The van der Waals surface area contributed by atoms with Crippen LogP contribution in [0, 0.1) is 0 Å². The second-order valence-corrected chi connectivity index (χ2v) is 6.88. The third kappa shape index (κ3) is 3.89. The van der Waals surface area contributed by atoms with E-state index in [1.54, 1.807) is 0 Å². The molecule has 0 aliphatic heterocycles. The fourth-order valence-corrected chi connectivity index (χ4v) is 3.46. The molecule has 0 heterocycles. The lowest BCUT2D eigenvalue weighted by Crippen LogP contribution is -1.87. The molecular formula is C26H22O2. The summed E-state index contributed by atoms with van der Waals surface area (Å²) in [6, 6.07) is 32.9. The quantitative estimate of drug-likeness (QED) is 0.477. The van der Waals surface area contributed by atoms with Crippen molar-refractivity contribution < 1.29 is 10.2 Å². The van der Waals surface area contributed by atoms with Gasteiger partial charge in [0.05, 0.1) is 13.2 Å². The van der Waals surface area contributed by atoms with E-state index in [-0.39, 0.29) is 13.2 Å². The molecule has 28 heavy (non-hydrogen) atoms. The molecule has 4 rings (SSSR count). The molecule has 0 spiro atoms. The Hall–Kier alpha value is -3.20. The monoisotopic (exact) mass is 366 g/mol. The van der Waals surface area contributed by atoms with Crippen LogP contribution in [0.1, 0.15) is 11.1 Å². The lowest BCUT2D eigenvalue weighted by Gasteiger charge is -2.10. The van der Waals surface area contributed by atoms with Crippen LogP contribution in [0.25, 0.3) is 33.4 Å². The van der Waals surface area contributed by atoms with Crippen LogP contribution in [0.3, 0.4) is 0 Å². The van der Waals surface area contributed by atoms with Crippen molar-refractivity contribution in [1.82, 2.24) is 0 Å². The molecule has 0 saturated heterocycles. The van der Waals surface area contributed by atoms with Gasteiger partial charge in [-0.15, -0.1) is 0 Å². The zero-order chi connectivity index (χ0) is 19.3. The molecule has 0 aromatic heterocycles. The molecular weight excluding hydrogens is 344 g/mol. The summed E-state index contributed by atoms with van der Waals surface area (Å²) in [5.74, 6) is 0. The van der Waals surface area contributed by atoms with E-state index in [0.29, 0.717) is 0 Å². The van der Waals surface area contributed by atoms with Crippen molar-refractivity contribution in [2.24, 2.45) is 0 Å². The van der Waals surface area contributed by atoms with Crippen LogP contribution < -0.4 is 0 Å². The lowest BCUT2D eigenvalue weighted by atomic mass is 9.95. The fourth-order valence-electron chi connectivity index (χ4n) is 3.46. The van der Waals surface area contributed by atoms with E-state index in [1.807, 2.05) is 36.4 Å². The van der Waals surface area contributed by atoms with Crippen molar-refractivity contribution in [3.05, 3.63) is 108 Å². The topological polar surface area (TPSA) is 40.5 Å². The van der Waals surface area contributed by atoms with E-state index in [9.17, 15) is 10.2 Å². The highest BCUT2D eigenvalue weighted by molar-refractivity contribution is 5.77. The number of benzene rings is 4. The standard InChI is InChI=1S/C26H22O2/c27-17-19-5-1-7-21(13-19)23-9-3-11-25(15-23)26-12-4-10-24(16-26)22-8-2-6-20(14-22)18-28/h1-16,27-28H,17-18H2. The van der Waals surface area contributed by atoms with E-state index in [1.165, 1.54) is 0 Å². The third-order valence-corrected chi connectivity index (χ3v) is 4.94. The van der Waals surface area contributed by atoms with Gasteiger partial charge in [-0.3, -0.25) is 0 Å². The van der Waals surface area contributed by atoms with Gasteiger partial charge >= 0.3 is 0 Å². The zero-order valence-corrected chi connectivity index (χ0v) is 15.5. The van der Waals surface area contributed by atoms with Crippen molar-refractivity contribution in [2.45, 2.75) is 13.2 Å². The summed E-state index contributed by atoms with van der Waals surface area (Å²) in [5, 5.41) is 18.8. The molecule has 138 valence electrons. The maximum absolute atomic E-state index is 9.40. The Balaban J connectivity index is 1.72. The number of hydrogen-bond donors (Lipinski definition) is 2. The maximum Gasteiger partial charge on any atom is 0.0682 e.